The normalized spacial score (nSPS) is 17.3. The van der Waals surface area contributed by atoms with Crippen molar-refractivity contribution in [2.45, 2.75) is 32.2 Å². The monoisotopic (exact) mass is 263 g/mol. The average Bonchev–Trinajstić information content (AvgIpc) is 2.42. The molecule has 0 atom stereocenters. The minimum Gasteiger partial charge on any atom is -0.382 e. The van der Waals surface area contributed by atoms with Crippen LogP contribution in [0.2, 0.25) is 0 Å². The van der Waals surface area contributed by atoms with Gasteiger partial charge in [0.05, 0.1) is 0 Å². The molecule has 0 radical (unpaired) electrons. The summed E-state index contributed by atoms with van der Waals surface area (Å²) in [5.74, 6) is -0.0389. The van der Waals surface area contributed by atoms with Crippen molar-refractivity contribution in [1.29, 1.82) is 0 Å². The van der Waals surface area contributed by atoms with Crippen molar-refractivity contribution in [3.8, 4) is 0 Å². The van der Waals surface area contributed by atoms with Crippen molar-refractivity contribution in [1.82, 2.24) is 20.2 Å². The summed E-state index contributed by atoms with van der Waals surface area (Å²) in [5, 5.41) is 2.99. The van der Waals surface area contributed by atoms with Gasteiger partial charge in [-0.05, 0) is 25.8 Å². The number of hydrogen-bond acceptors (Lipinski definition) is 5. The number of piperidine rings is 1. The van der Waals surface area contributed by atoms with E-state index in [1.165, 1.54) is 18.8 Å². The summed E-state index contributed by atoms with van der Waals surface area (Å²) in [6, 6.07) is 0.210. The molecule has 6 nitrogen and oxygen atoms in total. The predicted octanol–water partition coefficient (Wildman–Crippen LogP) is 0.663. The molecule has 0 saturated carbocycles. The van der Waals surface area contributed by atoms with E-state index in [1.54, 1.807) is 0 Å². The van der Waals surface area contributed by atoms with Crippen LogP contribution >= 0.6 is 0 Å². The van der Waals surface area contributed by atoms with Crippen LogP contribution in [0.1, 0.15) is 36.7 Å². The number of nitrogens with one attached hydrogen (secondary N) is 1. The van der Waals surface area contributed by atoms with E-state index in [0.717, 1.165) is 32.5 Å². The van der Waals surface area contributed by atoms with Gasteiger partial charge in [-0.1, -0.05) is 6.92 Å². The molecule has 0 aliphatic carbocycles. The maximum absolute atomic E-state index is 12.0. The number of hydrogen-bond donors (Lipinski definition) is 2. The molecule has 3 N–H and O–H groups in total. The Bertz CT molecular complexity index is 429. The lowest BCUT2D eigenvalue weighted by Crippen LogP contribution is -2.45. The molecule has 0 bridgehead atoms. The molecule has 1 aliphatic rings. The summed E-state index contributed by atoms with van der Waals surface area (Å²) in [5.41, 5.74) is 5.87. The molecule has 0 unspecified atom stereocenters. The molecule has 0 spiro atoms. The van der Waals surface area contributed by atoms with Gasteiger partial charge in [0.25, 0.3) is 5.91 Å². The lowest BCUT2D eigenvalue weighted by Gasteiger charge is -2.32. The molecule has 1 saturated heterocycles. The third-order valence-electron chi connectivity index (χ3n) is 3.40. The van der Waals surface area contributed by atoms with Gasteiger partial charge in [-0.3, -0.25) is 4.79 Å². The van der Waals surface area contributed by atoms with Crippen molar-refractivity contribution < 1.29 is 4.79 Å². The van der Waals surface area contributed by atoms with Crippen LogP contribution in [0.4, 0.5) is 5.82 Å². The fourth-order valence-corrected chi connectivity index (χ4v) is 2.39. The molecular formula is C13H21N5O. The topological polar surface area (TPSA) is 84.1 Å². The van der Waals surface area contributed by atoms with E-state index < -0.39 is 0 Å². The maximum atomic E-state index is 12.0. The van der Waals surface area contributed by atoms with E-state index in [2.05, 4.69) is 27.1 Å². The van der Waals surface area contributed by atoms with Crippen molar-refractivity contribution in [2.24, 2.45) is 0 Å². The molecule has 0 aromatic carbocycles. The predicted molar refractivity (Wildman–Crippen MR) is 73.7 cm³/mol. The fourth-order valence-electron chi connectivity index (χ4n) is 2.39. The highest BCUT2D eigenvalue weighted by atomic mass is 16.2. The Hall–Kier alpha value is -1.69. The van der Waals surface area contributed by atoms with Gasteiger partial charge in [-0.2, -0.15) is 0 Å². The number of nitrogen functional groups attached to an aromatic ring is 1. The smallest absolute Gasteiger partial charge is 0.273 e. The zero-order valence-electron chi connectivity index (χ0n) is 11.3. The van der Waals surface area contributed by atoms with E-state index in [9.17, 15) is 4.79 Å². The lowest BCUT2D eigenvalue weighted by molar-refractivity contribution is 0.0907. The zero-order valence-corrected chi connectivity index (χ0v) is 11.3. The molecule has 1 fully saturated rings. The Morgan fingerprint density at radius 1 is 1.42 bits per heavy atom. The first kappa shape index (κ1) is 13.7. The molecule has 104 valence electrons. The molecule has 1 aromatic heterocycles. The minimum atomic E-state index is -0.223. The SMILES string of the molecule is CCCN1CCC(NC(=O)c2nccnc2N)CC1. The number of anilines is 1. The summed E-state index contributed by atoms with van der Waals surface area (Å²) in [6.07, 6.45) is 6.09. The van der Waals surface area contributed by atoms with Gasteiger partial charge in [-0.15, -0.1) is 0 Å². The van der Waals surface area contributed by atoms with E-state index >= 15 is 0 Å². The highest BCUT2D eigenvalue weighted by molar-refractivity contribution is 5.96. The number of likely N-dealkylation sites (tertiary alicyclic amines) is 1. The van der Waals surface area contributed by atoms with Gasteiger partial charge >= 0.3 is 0 Å². The molecule has 2 rings (SSSR count). The van der Waals surface area contributed by atoms with E-state index in [4.69, 9.17) is 5.73 Å². The van der Waals surface area contributed by atoms with Crippen molar-refractivity contribution in [2.75, 3.05) is 25.4 Å². The van der Waals surface area contributed by atoms with Crippen molar-refractivity contribution >= 4 is 11.7 Å². The molecule has 2 heterocycles. The lowest BCUT2D eigenvalue weighted by atomic mass is 10.0. The van der Waals surface area contributed by atoms with Crippen molar-refractivity contribution in [3.63, 3.8) is 0 Å². The van der Waals surface area contributed by atoms with Crippen LogP contribution in [-0.2, 0) is 0 Å². The number of carbonyl (C=O) groups is 1. The molecule has 1 aromatic rings. The number of nitrogens with zero attached hydrogens (tertiary/aromatic N) is 3. The molecular weight excluding hydrogens is 242 g/mol. The maximum Gasteiger partial charge on any atom is 0.273 e. The van der Waals surface area contributed by atoms with Crippen LogP contribution in [0.5, 0.6) is 0 Å². The van der Waals surface area contributed by atoms with Gasteiger partial charge in [0, 0.05) is 31.5 Å². The summed E-state index contributed by atoms with van der Waals surface area (Å²) in [6.45, 7) is 5.39. The Labute approximate surface area is 113 Å². The third kappa shape index (κ3) is 3.64. The second-order valence-corrected chi connectivity index (χ2v) is 4.88. The average molecular weight is 263 g/mol. The second kappa shape index (κ2) is 6.47. The second-order valence-electron chi connectivity index (χ2n) is 4.88. The van der Waals surface area contributed by atoms with Gasteiger partial charge in [-0.25, -0.2) is 9.97 Å². The van der Waals surface area contributed by atoms with Crippen LogP contribution in [-0.4, -0.2) is 46.5 Å². The number of nitrogens with two attached hydrogens (primary N) is 1. The number of rotatable bonds is 4. The molecule has 1 amide bonds. The first-order valence-corrected chi connectivity index (χ1v) is 6.80. The zero-order chi connectivity index (χ0) is 13.7. The largest absolute Gasteiger partial charge is 0.382 e. The Kier molecular flexibility index (Phi) is 4.68. The number of amides is 1. The summed E-state index contributed by atoms with van der Waals surface area (Å²) in [4.78, 5) is 22.3. The van der Waals surface area contributed by atoms with Crippen molar-refractivity contribution in [3.05, 3.63) is 18.1 Å². The van der Waals surface area contributed by atoms with Crippen LogP contribution in [0.15, 0.2) is 12.4 Å². The van der Waals surface area contributed by atoms with Crippen LogP contribution in [0, 0.1) is 0 Å². The Morgan fingerprint density at radius 3 is 2.74 bits per heavy atom. The summed E-state index contributed by atoms with van der Waals surface area (Å²) in [7, 11) is 0. The van der Waals surface area contributed by atoms with Gasteiger partial charge in [0.1, 0.15) is 0 Å². The molecule has 1 aliphatic heterocycles. The fraction of sp³-hybridized carbons (Fsp3) is 0.615. The van der Waals surface area contributed by atoms with E-state index in [-0.39, 0.29) is 23.5 Å². The van der Waals surface area contributed by atoms with Gasteiger partial charge in [0.2, 0.25) is 0 Å². The van der Waals surface area contributed by atoms with Crippen LogP contribution < -0.4 is 11.1 Å². The standard InChI is InChI=1S/C13H21N5O/c1-2-7-18-8-3-10(4-9-18)17-13(19)11-12(14)16-6-5-15-11/h5-6,10H,2-4,7-9H2,1H3,(H2,14,16)(H,17,19). The first-order chi connectivity index (χ1) is 9.20. The van der Waals surface area contributed by atoms with Crippen LogP contribution in [0.25, 0.3) is 0 Å². The Morgan fingerprint density at radius 2 is 2.11 bits per heavy atom. The van der Waals surface area contributed by atoms with Gasteiger partial charge in [0.15, 0.2) is 11.5 Å². The minimum absolute atomic E-state index is 0.184. The molecule has 19 heavy (non-hydrogen) atoms. The number of aromatic nitrogens is 2. The highest BCUT2D eigenvalue weighted by Crippen LogP contribution is 2.12. The van der Waals surface area contributed by atoms with Gasteiger partial charge < -0.3 is 16.0 Å². The summed E-state index contributed by atoms with van der Waals surface area (Å²) < 4.78 is 0. The van der Waals surface area contributed by atoms with E-state index in [1.807, 2.05) is 0 Å². The highest BCUT2D eigenvalue weighted by Gasteiger charge is 2.22. The molecule has 6 heteroatoms. The first-order valence-electron chi connectivity index (χ1n) is 6.80. The number of carbonyl (C=O) groups excluding carboxylic acids is 1. The third-order valence-corrected chi connectivity index (χ3v) is 3.40. The van der Waals surface area contributed by atoms with E-state index in [0.29, 0.717) is 0 Å². The summed E-state index contributed by atoms with van der Waals surface area (Å²) >= 11 is 0. The van der Waals surface area contributed by atoms with Crippen LogP contribution in [0.3, 0.4) is 0 Å². The Balaban J connectivity index is 1.86. The quantitative estimate of drug-likeness (QED) is 0.834.